The van der Waals surface area contributed by atoms with Crippen LogP contribution in [-0.4, -0.2) is 16.1 Å². The number of halogens is 1. The molecule has 19 heavy (non-hydrogen) atoms. The average molecular weight is 278 g/mol. The lowest BCUT2D eigenvalue weighted by Crippen LogP contribution is -2.18. The fourth-order valence-electron chi connectivity index (χ4n) is 2.11. The number of aromatic nitrogens is 2. The van der Waals surface area contributed by atoms with E-state index in [1.807, 2.05) is 24.7 Å². The van der Waals surface area contributed by atoms with Crippen LogP contribution in [0.4, 0.5) is 0 Å². The fraction of sp³-hybridized carbons (Fsp3) is 0.400. The second-order valence-electron chi connectivity index (χ2n) is 4.70. The van der Waals surface area contributed by atoms with Crippen molar-refractivity contribution in [2.45, 2.75) is 32.9 Å². The molecule has 0 aliphatic heterocycles. The van der Waals surface area contributed by atoms with Crippen molar-refractivity contribution in [3.63, 3.8) is 0 Å². The number of benzene rings is 1. The van der Waals surface area contributed by atoms with E-state index in [1.54, 1.807) is 0 Å². The van der Waals surface area contributed by atoms with Crippen molar-refractivity contribution in [3.8, 4) is 0 Å². The summed E-state index contributed by atoms with van der Waals surface area (Å²) < 4.78 is 2.20. The predicted molar refractivity (Wildman–Crippen MR) is 79.5 cm³/mol. The topological polar surface area (TPSA) is 29.9 Å². The van der Waals surface area contributed by atoms with Crippen LogP contribution in [0.2, 0.25) is 5.02 Å². The number of nitrogens with zero attached hydrogens (tertiary/aromatic N) is 2. The van der Waals surface area contributed by atoms with Crippen LogP contribution in [0.3, 0.4) is 0 Å². The first-order chi connectivity index (χ1) is 9.22. The Morgan fingerprint density at radius 1 is 1.32 bits per heavy atom. The van der Waals surface area contributed by atoms with Gasteiger partial charge in [0.05, 0.1) is 18.1 Å². The molecule has 0 radical (unpaired) electrons. The number of imidazole rings is 1. The first-order valence-corrected chi connectivity index (χ1v) is 7.07. The first-order valence-electron chi connectivity index (χ1n) is 6.69. The molecule has 1 atom stereocenters. The Bertz CT molecular complexity index is 504. The molecule has 2 rings (SSSR count). The summed E-state index contributed by atoms with van der Waals surface area (Å²) in [5, 5.41) is 4.18. The highest BCUT2D eigenvalue weighted by Crippen LogP contribution is 2.21. The normalized spacial score (nSPS) is 12.6. The Morgan fingerprint density at radius 3 is 2.74 bits per heavy atom. The minimum absolute atomic E-state index is 0.262. The molecule has 1 heterocycles. The molecule has 0 aliphatic carbocycles. The third-order valence-electron chi connectivity index (χ3n) is 3.25. The molecular weight excluding hydrogens is 258 g/mol. The summed E-state index contributed by atoms with van der Waals surface area (Å²) in [6, 6.07) is 8.25. The van der Waals surface area contributed by atoms with Gasteiger partial charge < -0.3 is 9.88 Å². The van der Waals surface area contributed by atoms with Gasteiger partial charge in [0.15, 0.2) is 0 Å². The lowest BCUT2D eigenvalue weighted by Gasteiger charge is -2.17. The second kappa shape index (κ2) is 6.73. The van der Waals surface area contributed by atoms with Gasteiger partial charge in [-0.05, 0) is 37.6 Å². The maximum atomic E-state index is 5.93. The van der Waals surface area contributed by atoms with E-state index >= 15 is 0 Å². The van der Waals surface area contributed by atoms with E-state index in [0.717, 1.165) is 24.5 Å². The fourth-order valence-corrected chi connectivity index (χ4v) is 2.24. The molecule has 0 amide bonds. The molecule has 0 bridgehead atoms. The van der Waals surface area contributed by atoms with E-state index in [1.165, 1.54) is 11.3 Å². The number of rotatable bonds is 6. The average Bonchev–Trinajstić information content (AvgIpc) is 2.87. The maximum Gasteiger partial charge on any atom is 0.0954 e. The summed E-state index contributed by atoms with van der Waals surface area (Å²) in [6.45, 7) is 6.22. The summed E-state index contributed by atoms with van der Waals surface area (Å²) in [6.07, 6.45) is 4.96. The Hall–Kier alpha value is -1.32. The smallest absolute Gasteiger partial charge is 0.0954 e. The van der Waals surface area contributed by atoms with Crippen molar-refractivity contribution in [1.82, 2.24) is 14.9 Å². The summed E-state index contributed by atoms with van der Waals surface area (Å²) in [4.78, 5) is 4.26. The Kier molecular flexibility index (Phi) is 5.00. The zero-order chi connectivity index (χ0) is 13.7. The molecule has 1 aromatic heterocycles. The maximum absolute atomic E-state index is 5.93. The molecule has 4 heteroatoms. The standard InChI is InChI=1S/C15H20ClN3/c1-3-8-17-9-15-10-18-11-19(15)12(2)13-4-6-14(16)7-5-13/h4-7,10-12,17H,3,8-9H2,1-2H3. The van der Waals surface area contributed by atoms with Crippen LogP contribution in [-0.2, 0) is 6.54 Å². The van der Waals surface area contributed by atoms with Crippen LogP contribution in [0.25, 0.3) is 0 Å². The van der Waals surface area contributed by atoms with Gasteiger partial charge in [-0.3, -0.25) is 0 Å². The van der Waals surface area contributed by atoms with Gasteiger partial charge >= 0.3 is 0 Å². The molecule has 0 saturated heterocycles. The van der Waals surface area contributed by atoms with Crippen LogP contribution in [0, 0.1) is 0 Å². The molecule has 1 aromatic carbocycles. The molecule has 0 aliphatic rings. The highest BCUT2D eigenvalue weighted by Gasteiger charge is 2.11. The van der Waals surface area contributed by atoms with E-state index in [4.69, 9.17) is 11.6 Å². The van der Waals surface area contributed by atoms with Gasteiger partial charge in [-0.1, -0.05) is 30.7 Å². The minimum Gasteiger partial charge on any atom is -0.326 e. The molecule has 0 fully saturated rings. The van der Waals surface area contributed by atoms with E-state index in [0.29, 0.717) is 0 Å². The monoisotopic (exact) mass is 277 g/mol. The first kappa shape index (κ1) is 14.1. The van der Waals surface area contributed by atoms with Crippen LogP contribution in [0.5, 0.6) is 0 Å². The van der Waals surface area contributed by atoms with Gasteiger partial charge in [-0.15, -0.1) is 0 Å². The van der Waals surface area contributed by atoms with E-state index < -0.39 is 0 Å². The Labute approximate surface area is 119 Å². The van der Waals surface area contributed by atoms with Crippen molar-refractivity contribution >= 4 is 11.6 Å². The molecule has 3 nitrogen and oxygen atoms in total. The van der Waals surface area contributed by atoms with Gasteiger partial charge in [0.2, 0.25) is 0 Å². The molecule has 1 unspecified atom stereocenters. The van der Waals surface area contributed by atoms with Gasteiger partial charge in [0, 0.05) is 17.8 Å². The second-order valence-corrected chi connectivity index (χ2v) is 5.13. The molecule has 2 aromatic rings. The molecule has 0 spiro atoms. The highest BCUT2D eigenvalue weighted by atomic mass is 35.5. The summed E-state index contributed by atoms with van der Waals surface area (Å²) in [5.74, 6) is 0. The van der Waals surface area contributed by atoms with Crippen molar-refractivity contribution in [1.29, 1.82) is 0 Å². The van der Waals surface area contributed by atoms with Crippen LogP contribution in [0.15, 0.2) is 36.8 Å². The van der Waals surface area contributed by atoms with Crippen LogP contribution < -0.4 is 5.32 Å². The van der Waals surface area contributed by atoms with Crippen molar-refractivity contribution in [3.05, 3.63) is 53.1 Å². The number of hydrogen-bond donors (Lipinski definition) is 1. The molecular formula is C15H20ClN3. The summed E-state index contributed by atoms with van der Waals surface area (Å²) >= 11 is 5.93. The minimum atomic E-state index is 0.262. The van der Waals surface area contributed by atoms with E-state index in [9.17, 15) is 0 Å². The summed E-state index contributed by atoms with van der Waals surface area (Å²) in [7, 11) is 0. The third kappa shape index (κ3) is 3.58. The molecule has 0 saturated carbocycles. The number of hydrogen-bond acceptors (Lipinski definition) is 2. The molecule has 102 valence electrons. The highest BCUT2D eigenvalue weighted by molar-refractivity contribution is 6.30. The van der Waals surface area contributed by atoms with E-state index in [2.05, 4.69) is 40.8 Å². The zero-order valence-electron chi connectivity index (χ0n) is 11.4. The Balaban J connectivity index is 2.12. The van der Waals surface area contributed by atoms with Gasteiger partial charge in [0.25, 0.3) is 0 Å². The van der Waals surface area contributed by atoms with Gasteiger partial charge in [-0.2, -0.15) is 0 Å². The molecule has 1 N–H and O–H groups in total. The van der Waals surface area contributed by atoms with Crippen LogP contribution >= 0.6 is 11.6 Å². The lowest BCUT2D eigenvalue weighted by atomic mass is 10.1. The SMILES string of the molecule is CCCNCc1cncn1C(C)c1ccc(Cl)cc1. The van der Waals surface area contributed by atoms with Crippen molar-refractivity contribution in [2.75, 3.05) is 6.54 Å². The number of nitrogens with one attached hydrogen (secondary N) is 1. The Morgan fingerprint density at radius 2 is 2.05 bits per heavy atom. The lowest BCUT2D eigenvalue weighted by molar-refractivity contribution is 0.574. The quantitative estimate of drug-likeness (QED) is 0.817. The zero-order valence-corrected chi connectivity index (χ0v) is 12.2. The van der Waals surface area contributed by atoms with Crippen LogP contribution in [0.1, 0.15) is 37.6 Å². The largest absolute Gasteiger partial charge is 0.326 e. The van der Waals surface area contributed by atoms with Crippen molar-refractivity contribution < 1.29 is 0 Å². The van der Waals surface area contributed by atoms with E-state index in [-0.39, 0.29) is 6.04 Å². The van der Waals surface area contributed by atoms with Gasteiger partial charge in [0.1, 0.15) is 0 Å². The summed E-state index contributed by atoms with van der Waals surface area (Å²) in [5.41, 5.74) is 2.44. The van der Waals surface area contributed by atoms with Crippen molar-refractivity contribution in [2.24, 2.45) is 0 Å². The van der Waals surface area contributed by atoms with Gasteiger partial charge in [-0.25, -0.2) is 4.98 Å². The third-order valence-corrected chi connectivity index (χ3v) is 3.50. The predicted octanol–water partition coefficient (Wildman–Crippen LogP) is 3.65.